The molecule has 0 saturated heterocycles. The largest absolute Gasteiger partial charge is 0.481 e. The number of aliphatic carboxylic acids is 1. The number of carbonyl (C=O) groups is 2. The van der Waals surface area contributed by atoms with E-state index in [4.69, 9.17) is 16.7 Å². The van der Waals surface area contributed by atoms with Gasteiger partial charge in [0.25, 0.3) is 0 Å². The highest BCUT2D eigenvalue weighted by Crippen LogP contribution is 2.16. The predicted octanol–water partition coefficient (Wildman–Crippen LogP) is 2.73. The Kier molecular flexibility index (Phi) is 6.29. The zero-order valence-electron chi connectivity index (χ0n) is 10.8. The van der Waals surface area contributed by atoms with Crippen LogP contribution in [-0.2, 0) is 9.59 Å². The highest BCUT2D eigenvalue weighted by Gasteiger charge is 2.17. The molecule has 1 rings (SSSR count). The van der Waals surface area contributed by atoms with Gasteiger partial charge in [0.15, 0.2) is 0 Å². The second kappa shape index (κ2) is 7.74. The van der Waals surface area contributed by atoms with Crippen LogP contribution in [0.2, 0.25) is 5.02 Å². The molecule has 0 saturated carbocycles. The van der Waals surface area contributed by atoms with Gasteiger partial charge in [-0.05, 0) is 18.6 Å². The summed E-state index contributed by atoms with van der Waals surface area (Å²) in [6.07, 6.45) is 3.41. The van der Waals surface area contributed by atoms with Gasteiger partial charge in [0, 0.05) is 19.2 Å². The number of hydrogen-bond acceptors (Lipinski definition) is 3. The first kappa shape index (κ1) is 15.4. The molecule has 0 unspecified atom stereocenters. The van der Waals surface area contributed by atoms with Crippen molar-refractivity contribution in [3.05, 3.63) is 23.4 Å². The first-order valence-electron chi connectivity index (χ1n) is 6.18. The molecule has 1 aromatic rings. The van der Waals surface area contributed by atoms with Gasteiger partial charge in [0.05, 0.1) is 11.4 Å². The molecule has 1 heterocycles. The minimum atomic E-state index is -0.942. The molecule has 5 nitrogen and oxygen atoms in total. The topological polar surface area (TPSA) is 70.5 Å². The van der Waals surface area contributed by atoms with Gasteiger partial charge in [-0.2, -0.15) is 0 Å². The monoisotopic (exact) mass is 284 g/mol. The fourth-order valence-corrected chi connectivity index (χ4v) is 1.68. The molecule has 1 N–H and O–H groups in total. The summed E-state index contributed by atoms with van der Waals surface area (Å²) in [4.78, 5) is 28.2. The maximum atomic E-state index is 12.1. The van der Waals surface area contributed by atoms with E-state index >= 15 is 0 Å². The predicted molar refractivity (Wildman–Crippen MR) is 73.4 cm³/mol. The Morgan fingerprint density at radius 2 is 2.11 bits per heavy atom. The van der Waals surface area contributed by atoms with Crippen LogP contribution in [-0.4, -0.2) is 28.5 Å². The number of rotatable bonds is 7. The van der Waals surface area contributed by atoms with Gasteiger partial charge in [-0.15, -0.1) is 0 Å². The minimum absolute atomic E-state index is 0.109. The standard InChI is InChI=1S/C13H17ClN2O3/c1-2-3-4-12(17)16(8-7-13(18)19)11-6-5-10(14)9-15-11/h5-6,9H,2-4,7-8H2,1H3,(H,18,19). The lowest BCUT2D eigenvalue weighted by molar-refractivity contribution is -0.136. The maximum absolute atomic E-state index is 12.1. The van der Waals surface area contributed by atoms with Gasteiger partial charge in [0.1, 0.15) is 5.82 Å². The number of halogens is 1. The van der Waals surface area contributed by atoms with E-state index in [0.29, 0.717) is 17.3 Å². The number of carbonyl (C=O) groups excluding carboxylic acids is 1. The van der Waals surface area contributed by atoms with Crippen LogP contribution in [0.5, 0.6) is 0 Å². The quantitative estimate of drug-likeness (QED) is 0.836. The van der Waals surface area contributed by atoms with Crippen LogP contribution in [0.3, 0.4) is 0 Å². The first-order chi connectivity index (χ1) is 9.04. The molecule has 0 aliphatic rings. The first-order valence-corrected chi connectivity index (χ1v) is 6.56. The Labute approximate surface area is 117 Å². The molecular weight excluding hydrogens is 268 g/mol. The van der Waals surface area contributed by atoms with Crippen molar-refractivity contribution < 1.29 is 14.7 Å². The third kappa shape index (κ3) is 5.26. The fraction of sp³-hybridized carbons (Fsp3) is 0.462. The summed E-state index contributed by atoms with van der Waals surface area (Å²) in [6.45, 7) is 2.11. The van der Waals surface area contributed by atoms with Gasteiger partial charge in [-0.1, -0.05) is 24.9 Å². The average Bonchev–Trinajstić information content (AvgIpc) is 2.38. The third-order valence-electron chi connectivity index (χ3n) is 2.58. The SMILES string of the molecule is CCCCC(=O)N(CCC(=O)O)c1ccc(Cl)cn1. The average molecular weight is 285 g/mol. The van der Waals surface area contributed by atoms with Crippen molar-refractivity contribution in [3.8, 4) is 0 Å². The van der Waals surface area contributed by atoms with Crippen LogP contribution >= 0.6 is 11.6 Å². The Morgan fingerprint density at radius 3 is 2.63 bits per heavy atom. The zero-order valence-corrected chi connectivity index (χ0v) is 11.6. The van der Waals surface area contributed by atoms with Crippen LogP contribution in [0.1, 0.15) is 32.6 Å². The molecule has 1 aromatic heterocycles. The molecule has 0 fully saturated rings. The van der Waals surface area contributed by atoms with Crippen LogP contribution in [0.4, 0.5) is 5.82 Å². The second-order valence-electron chi connectivity index (χ2n) is 4.13. The van der Waals surface area contributed by atoms with Crippen LogP contribution in [0.25, 0.3) is 0 Å². The van der Waals surface area contributed by atoms with Gasteiger partial charge in [-0.25, -0.2) is 4.98 Å². The lowest BCUT2D eigenvalue weighted by Crippen LogP contribution is -2.33. The van der Waals surface area contributed by atoms with E-state index in [-0.39, 0.29) is 18.9 Å². The summed E-state index contributed by atoms with van der Waals surface area (Å²) in [6, 6.07) is 3.25. The van der Waals surface area contributed by atoms with Gasteiger partial charge < -0.3 is 5.11 Å². The van der Waals surface area contributed by atoms with Crippen molar-refractivity contribution >= 4 is 29.3 Å². The highest BCUT2D eigenvalue weighted by atomic mass is 35.5. The van der Waals surface area contributed by atoms with E-state index < -0.39 is 5.97 Å². The van der Waals surface area contributed by atoms with Crippen LogP contribution < -0.4 is 4.90 Å². The number of aromatic nitrogens is 1. The molecule has 6 heteroatoms. The lowest BCUT2D eigenvalue weighted by atomic mass is 10.2. The summed E-state index contributed by atoms with van der Waals surface area (Å²) in [5.74, 6) is -0.619. The van der Waals surface area contributed by atoms with Crippen LogP contribution in [0, 0.1) is 0 Å². The molecule has 0 aliphatic heterocycles. The number of unbranched alkanes of at least 4 members (excludes halogenated alkanes) is 1. The molecule has 0 bridgehead atoms. The van der Waals surface area contributed by atoms with Crippen LogP contribution in [0.15, 0.2) is 18.3 Å². The van der Waals surface area contributed by atoms with Gasteiger partial charge in [-0.3, -0.25) is 14.5 Å². The Bertz CT molecular complexity index is 434. The van der Waals surface area contributed by atoms with E-state index in [1.165, 1.54) is 11.1 Å². The number of hydrogen-bond donors (Lipinski definition) is 1. The molecule has 0 radical (unpaired) electrons. The Balaban J connectivity index is 2.81. The minimum Gasteiger partial charge on any atom is -0.481 e. The van der Waals surface area contributed by atoms with Gasteiger partial charge >= 0.3 is 5.97 Å². The van der Waals surface area contributed by atoms with E-state index in [0.717, 1.165) is 12.8 Å². The molecule has 0 aliphatic carbocycles. The molecule has 104 valence electrons. The van der Waals surface area contributed by atoms with Crippen molar-refractivity contribution in [1.82, 2.24) is 4.98 Å². The molecular formula is C13H17ClN2O3. The second-order valence-corrected chi connectivity index (χ2v) is 4.56. The molecule has 0 aromatic carbocycles. The van der Waals surface area contributed by atoms with E-state index in [1.807, 2.05) is 6.92 Å². The summed E-state index contributed by atoms with van der Waals surface area (Å²) in [7, 11) is 0. The normalized spacial score (nSPS) is 10.2. The smallest absolute Gasteiger partial charge is 0.305 e. The third-order valence-corrected chi connectivity index (χ3v) is 2.81. The number of nitrogens with zero attached hydrogens (tertiary/aromatic N) is 2. The van der Waals surface area contributed by atoms with Gasteiger partial charge in [0.2, 0.25) is 5.91 Å². The maximum Gasteiger partial charge on any atom is 0.305 e. The van der Waals surface area contributed by atoms with E-state index in [2.05, 4.69) is 4.98 Å². The van der Waals surface area contributed by atoms with Crippen molar-refractivity contribution in [2.24, 2.45) is 0 Å². The summed E-state index contributed by atoms with van der Waals surface area (Å²) >= 11 is 5.75. The van der Waals surface area contributed by atoms with E-state index in [9.17, 15) is 9.59 Å². The highest BCUT2D eigenvalue weighted by molar-refractivity contribution is 6.30. The Hall–Kier alpha value is -1.62. The van der Waals surface area contributed by atoms with E-state index in [1.54, 1.807) is 12.1 Å². The van der Waals surface area contributed by atoms with Crippen molar-refractivity contribution in [2.75, 3.05) is 11.4 Å². The number of carboxylic acids is 1. The summed E-state index contributed by atoms with van der Waals surface area (Å²) < 4.78 is 0. The molecule has 0 atom stereocenters. The molecule has 0 spiro atoms. The number of anilines is 1. The molecule has 19 heavy (non-hydrogen) atoms. The van der Waals surface area contributed by atoms with Crippen molar-refractivity contribution in [3.63, 3.8) is 0 Å². The Morgan fingerprint density at radius 1 is 1.37 bits per heavy atom. The number of carboxylic acid groups (broad SMARTS) is 1. The van der Waals surface area contributed by atoms with Crippen molar-refractivity contribution in [1.29, 1.82) is 0 Å². The molecule has 1 amide bonds. The fourth-order valence-electron chi connectivity index (χ4n) is 1.57. The summed E-state index contributed by atoms with van der Waals surface area (Å²) in [5, 5.41) is 9.21. The lowest BCUT2D eigenvalue weighted by Gasteiger charge is -2.21. The number of pyridine rings is 1. The summed E-state index contributed by atoms with van der Waals surface area (Å²) in [5.41, 5.74) is 0. The zero-order chi connectivity index (χ0) is 14.3. The number of amides is 1. The van der Waals surface area contributed by atoms with Crippen molar-refractivity contribution in [2.45, 2.75) is 32.6 Å².